The molecule has 0 spiro atoms. The van der Waals surface area contributed by atoms with Gasteiger partial charge in [-0.15, -0.1) is 0 Å². The Labute approximate surface area is 193 Å². The van der Waals surface area contributed by atoms with E-state index in [2.05, 4.69) is 9.88 Å². The molecule has 1 aliphatic rings. The van der Waals surface area contributed by atoms with Crippen molar-refractivity contribution in [3.63, 3.8) is 0 Å². The highest BCUT2D eigenvalue weighted by Crippen LogP contribution is 2.27. The van der Waals surface area contributed by atoms with Crippen LogP contribution in [-0.4, -0.2) is 39.0 Å². The fraction of sp³-hybridized carbons (Fsp3) is 0.346. The third-order valence-electron chi connectivity index (χ3n) is 5.85. The molecule has 7 heteroatoms. The van der Waals surface area contributed by atoms with Crippen LogP contribution in [0.4, 0.5) is 4.39 Å². The van der Waals surface area contributed by atoms with Crippen LogP contribution in [0.2, 0.25) is 0 Å². The number of rotatable bonds is 8. The van der Waals surface area contributed by atoms with Gasteiger partial charge in [0.1, 0.15) is 18.2 Å². The molecular formula is C26H28FN3O3. The van der Waals surface area contributed by atoms with E-state index >= 15 is 0 Å². The molecule has 0 amide bonds. The highest BCUT2D eigenvalue weighted by atomic mass is 19.1. The van der Waals surface area contributed by atoms with E-state index in [-0.39, 0.29) is 18.2 Å². The Balaban J connectivity index is 1.41. The molecule has 33 heavy (non-hydrogen) atoms. The number of ether oxygens (including phenoxy) is 1. The van der Waals surface area contributed by atoms with Crippen LogP contribution in [0.25, 0.3) is 11.4 Å². The molecule has 1 aliphatic heterocycles. The lowest BCUT2D eigenvalue weighted by Gasteiger charge is -2.29. The van der Waals surface area contributed by atoms with E-state index in [9.17, 15) is 9.18 Å². The average molecular weight is 450 g/mol. The summed E-state index contributed by atoms with van der Waals surface area (Å²) in [7, 11) is 0. The van der Waals surface area contributed by atoms with Gasteiger partial charge in [-0.05, 0) is 54.3 Å². The second-order valence-electron chi connectivity index (χ2n) is 8.75. The minimum Gasteiger partial charge on any atom is -0.489 e. The lowest BCUT2D eigenvalue weighted by atomic mass is 10.0. The molecule has 0 bridgehead atoms. The van der Waals surface area contributed by atoms with Gasteiger partial charge in [0.15, 0.2) is 5.82 Å². The fourth-order valence-electron chi connectivity index (χ4n) is 4.17. The van der Waals surface area contributed by atoms with Crippen molar-refractivity contribution in [2.75, 3.05) is 13.1 Å². The van der Waals surface area contributed by atoms with E-state index in [0.29, 0.717) is 12.4 Å². The highest BCUT2D eigenvalue weighted by Gasteiger charge is 2.21. The maximum atomic E-state index is 13.1. The highest BCUT2D eigenvalue weighted by molar-refractivity contribution is 5.67. The topological polar surface area (TPSA) is 75.6 Å². The van der Waals surface area contributed by atoms with E-state index in [1.807, 2.05) is 38.2 Å². The van der Waals surface area contributed by atoms with Crippen molar-refractivity contribution in [2.24, 2.45) is 5.92 Å². The van der Waals surface area contributed by atoms with Crippen molar-refractivity contribution < 1.29 is 19.0 Å². The third-order valence-corrected chi connectivity index (χ3v) is 5.85. The zero-order chi connectivity index (χ0) is 23.4. The normalized spacial score (nSPS) is 14.5. The monoisotopic (exact) mass is 449 g/mol. The first-order valence-electron chi connectivity index (χ1n) is 11.1. The number of hydrogen-bond donors (Lipinski definition) is 1. The quantitative estimate of drug-likeness (QED) is 0.540. The van der Waals surface area contributed by atoms with E-state index < -0.39 is 5.97 Å². The molecule has 0 aliphatic carbocycles. The zero-order valence-electron chi connectivity index (χ0n) is 18.9. The van der Waals surface area contributed by atoms with Gasteiger partial charge in [-0.3, -0.25) is 9.69 Å². The number of hydrogen-bond acceptors (Lipinski definition) is 5. The van der Waals surface area contributed by atoms with Crippen LogP contribution in [-0.2, 0) is 24.4 Å². The molecular weight excluding hydrogens is 421 g/mol. The largest absolute Gasteiger partial charge is 0.489 e. The van der Waals surface area contributed by atoms with Crippen molar-refractivity contribution in [3.8, 4) is 17.1 Å². The number of aliphatic carboxylic acids is 1. The van der Waals surface area contributed by atoms with Crippen molar-refractivity contribution >= 4 is 5.97 Å². The van der Waals surface area contributed by atoms with Crippen LogP contribution in [0.15, 0.2) is 48.7 Å². The van der Waals surface area contributed by atoms with Gasteiger partial charge in [-0.1, -0.05) is 19.1 Å². The number of carboxylic acids is 1. The minimum absolute atomic E-state index is 0.107. The summed E-state index contributed by atoms with van der Waals surface area (Å²) in [6.45, 7) is 6.69. The number of benzene rings is 2. The van der Waals surface area contributed by atoms with Gasteiger partial charge in [-0.2, -0.15) is 0 Å². The van der Waals surface area contributed by atoms with Crippen LogP contribution < -0.4 is 4.74 Å². The van der Waals surface area contributed by atoms with Gasteiger partial charge in [0.05, 0.1) is 5.69 Å². The summed E-state index contributed by atoms with van der Waals surface area (Å²) in [5.74, 6) is 0.553. The maximum absolute atomic E-state index is 13.1. The summed E-state index contributed by atoms with van der Waals surface area (Å²) < 4.78 is 19.0. The van der Waals surface area contributed by atoms with Crippen molar-refractivity contribution in [3.05, 3.63) is 76.9 Å². The molecule has 1 N–H and O–H groups in total. The molecule has 1 aromatic heterocycles. The lowest BCUT2D eigenvalue weighted by Crippen LogP contribution is -2.35. The smallest absolute Gasteiger partial charge is 0.303 e. The Morgan fingerprint density at radius 1 is 1.24 bits per heavy atom. The van der Waals surface area contributed by atoms with Gasteiger partial charge < -0.3 is 9.84 Å². The Bertz CT molecular complexity index is 1130. The van der Waals surface area contributed by atoms with Crippen molar-refractivity contribution in [1.29, 1.82) is 0 Å². The Kier molecular flexibility index (Phi) is 6.99. The lowest BCUT2D eigenvalue weighted by molar-refractivity contribution is -0.138. The first-order chi connectivity index (χ1) is 15.9. The molecule has 0 radical (unpaired) electrons. The van der Waals surface area contributed by atoms with Crippen LogP contribution >= 0.6 is 0 Å². The molecule has 2 aromatic carbocycles. The van der Waals surface area contributed by atoms with E-state index in [4.69, 9.17) is 14.8 Å². The molecule has 3 aromatic rings. The van der Waals surface area contributed by atoms with Gasteiger partial charge in [0.25, 0.3) is 0 Å². The number of fused-ring (bicyclic) bond motifs is 1. The Morgan fingerprint density at radius 2 is 2.03 bits per heavy atom. The molecule has 6 nitrogen and oxygen atoms in total. The number of halogens is 1. The van der Waals surface area contributed by atoms with Crippen molar-refractivity contribution in [2.45, 2.75) is 39.8 Å². The van der Waals surface area contributed by atoms with Crippen LogP contribution in [0.3, 0.4) is 0 Å². The molecule has 0 saturated carbocycles. The fourth-order valence-corrected chi connectivity index (χ4v) is 4.17. The minimum atomic E-state index is -0.755. The molecule has 0 saturated heterocycles. The first kappa shape index (κ1) is 22.9. The summed E-state index contributed by atoms with van der Waals surface area (Å²) in [5, 5.41) is 8.98. The van der Waals surface area contributed by atoms with Gasteiger partial charge in [0.2, 0.25) is 0 Å². The van der Waals surface area contributed by atoms with E-state index in [1.165, 1.54) is 12.1 Å². The first-order valence-corrected chi connectivity index (χ1v) is 11.1. The predicted octanol–water partition coefficient (Wildman–Crippen LogP) is 4.64. The molecule has 172 valence electrons. The number of aryl methyl sites for hydroxylation is 1. The van der Waals surface area contributed by atoms with E-state index in [0.717, 1.165) is 59.8 Å². The maximum Gasteiger partial charge on any atom is 0.303 e. The zero-order valence-corrected chi connectivity index (χ0v) is 18.9. The summed E-state index contributed by atoms with van der Waals surface area (Å²) in [6.07, 6.45) is 2.89. The Hall–Kier alpha value is -3.32. The standard InChI is InChI=1S/C26H28FN3O3/c1-17(11-25(31)32)14-30-10-9-23-21(15-30)13-28-26(29-23)20-5-8-24(18(2)12-20)33-16-19-3-6-22(27)7-4-19/h3-8,12-13,17H,9-11,14-16H2,1-2H3,(H,31,32). The number of aromatic nitrogens is 2. The number of nitrogens with zero attached hydrogens (tertiary/aromatic N) is 3. The second kappa shape index (κ2) is 10.1. The summed E-state index contributed by atoms with van der Waals surface area (Å²) in [4.78, 5) is 22.6. The molecule has 2 heterocycles. The van der Waals surface area contributed by atoms with Gasteiger partial charge >= 0.3 is 5.97 Å². The number of carboxylic acid groups (broad SMARTS) is 1. The third kappa shape index (κ3) is 5.93. The number of carbonyl (C=O) groups is 1. The molecule has 1 atom stereocenters. The SMILES string of the molecule is Cc1cc(-c2ncc3c(n2)CCN(CC(C)CC(=O)O)C3)ccc1OCc1ccc(F)cc1. The van der Waals surface area contributed by atoms with Crippen LogP contribution in [0.1, 0.15) is 35.7 Å². The average Bonchev–Trinajstić information content (AvgIpc) is 2.78. The Morgan fingerprint density at radius 3 is 2.76 bits per heavy atom. The summed E-state index contributed by atoms with van der Waals surface area (Å²) in [6, 6.07) is 12.2. The van der Waals surface area contributed by atoms with Gasteiger partial charge in [-0.25, -0.2) is 14.4 Å². The predicted molar refractivity (Wildman–Crippen MR) is 123 cm³/mol. The van der Waals surface area contributed by atoms with Gasteiger partial charge in [0, 0.05) is 49.8 Å². The van der Waals surface area contributed by atoms with Crippen LogP contribution in [0.5, 0.6) is 5.75 Å². The summed E-state index contributed by atoms with van der Waals surface area (Å²) in [5.41, 5.74) is 4.97. The second-order valence-corrected chi connectivity index (χ2v) is 8.75. The van der Waals surface area contributed by atoms with Crippen LogP contribution in [0, 0.1) is 18.7 Å². The summed E-state index contributed by atoms with van der Waals surface area (Å²) >= 11 is 0. The van der Waals surface area contributed by atoms with E-state index in [1.54, 1.807) is 12.1 Å². The molecule has 0 fully saturated rings. The molecule has 4 rings (SSSR count). The molecule has 1 unspecified atom stereocenters. The van der Waals surface area contributed by atoms with Crippen molar-refractivity contribution in [1.82, 2.24) is 14.9 Å².